The van der Waals surface area contributed by atoms with E-state index in [0.29, 0.717) is 5.57 Å². The number of carbonyl (C=O) groups excluding carboxylic acids is 1. The van der Waals surface area contributed by atoms with E-state index in [9.17, 15) is 4.79 Å². The maximum Gasteiger partial charge on any atom is 0.253 e. The number of nitrogens with zero attached hydrogens (tertiary/aromatic N) is 1. The highest BCUT2D eigenvalue weighted by Crippen LogP contribution is 2.02. The van der Waals surface area contributed by atoms with Crippen molar-refractivity contribution in [3.8, 4) is 0 Å². The van der Waals surface area contributed by atoms with Crippen molar-refractivity contribution in [2.24, 2.45) is 0 Å². The lowest BCUT2D eigenvalue weighted by Crippen LogP contribution is -2.22. The summed E-state index contributed by atoms with van der Waals surface area (Å²) in [5.74, 6) is -0.0208. The molecule has 0 bridgehead atoms. The summed E-state index contributed by atoms with van der Waals surface area (Å²) in [6, 6.07) is 0. The van der Waals surface area contributed by atoms with Crippen molar-refractivity contribution in [1.82, 2.24) is 4.90 Å². The third kappa shape index (κ3) is 4.31. The Morgan fingerprint density at radius 2 is 1.77 bits per heavy atom. The SMILES string of the molecule is C=C/C(=C\C=C(C)C)C(=O)N(C)C. The lowest BCUT2D eigenvalue weighted by molar-refractivity contribution is -0.124. The number of hydrogen-bond donors (Lipinski definition) is 0. The predicted octanol–water partition coefficient (Wildman–Crippen LogP) is 2.15. The van der Waals surface area contributed by atoms with Crippen molar-refractivity contribution < 1.29 is 4.79 Å². The molecule has 0 saturated heterocycles. The van der Waals surface area contributed by atoms with Crippen LogP contribution in [0.3, 0.4) is 0 Å². The standard InChI is InChI=1S/C11H17NO/c1-6-10(8-7-9(2)3)11(13)12(4)5/h6-8H,1H2,2-5H3/b10-8+. The van der Waals surface area contributed by atoms with E-state index in [1.807, 2.05) is 19.9 Å². The molecule has 0 radical (unpaired) electrons. The number of hydrogen-bond acceptors (Lipinski definition) is 1. The molecule has 2 heteroatoms. The lowest BCUT2D eigenvalue weighted by atomic mass is 10.2. The van der Waals surface area contributed by atoms with Gasteiger partial charge in [0.25, 0.3) is 5.91 Å². The maximum absolute atomic E-state index is 11.4. The van der Waals surface area contributed by atoms with Crippen LogP contribution in [0.25, 0.3) is 0 Å². The molecule has 0 atom stereocenters. The van der Waals surface area contributed by atoms with Crippen molar-refractivity contribution in [1.29, 1.82) is 0 Å². The van der Waals surface area contributed by atoms with Gasteiger partial charge in [0.15, 0.2) is 0 Å². The van der Waals surface area contributed by atoms with Gasteiger partial charge in [-0.25, -0.2) is 0 Å². The van der Waals surface area contributed by atoms with Gasteiger partial charge in [-0.15, -0.1) is 0 Å². The van der Waals surface area contributed by atoms with Gasteiger partial charge < -0.3 is 4.90 Å². The molecule has 0 spiro atoms. The summed E-state index contributed by atoms with van der Waals surface area (Å²) in [7, 11) is 3.45. The molecule has 1 amide bonds. The monoisotopic (exact) mass is 179 g/mol. The molecular formula is C11H17NO. The van der Waals surface area contributed by atoms with Gasteiger partial charge in [0, 0.05) is 19.7 Å². The molecule has 0 aliphatic carbocycles. The van der Waals surface area contributed by atoms with Gasteiger partial charge in [-0.3, -0.25) is 4.79 Å². The molecule has 0 unspecified atom stereocenters. The van der Waals surface area contributed by atoms with E-state index < -0.39 is 0 Å². The molecule has 0 N–H and O–H groups in total. The fraction of sp³-hybridized carbons (Fsp3) is 0.364. The van der Waals surface area contributed by atoms with E-state index in [4.69, 9.17) is 0 Å². The molecule has 0 aliphatic rings. The third-order valence-electron chi connectivity index (χ3n) is 1.47. The van der Waals surface area contributed by atoms with E-state index in [2.05, 4.69) is 6.58 Å². The van der Waals surface area contributed by atoms with E-state index in [0.717, 1.165) is 5.57 Å². The van der Waals surface area contributed by atoms with E-state index >= 15 is 0 Å². The minimum atomic E-state index is -0.0208. The third-order valence-corrected chi connectivity index (χ3v) is 1.47. The molecule has 0 aromatic rings. The van der Waals surface area contributed by atoms with Crippen LogP contribution in [0.1, 0.15) is 13.8 Å². The summed E-state index contributed by atoms with van der Waals surface area (Å²) in [6.07, 6.45) is 5.25. The van der Waals surface area contributed by atoms with E-state index in [1.54, 1.807) is 26.2 Å². The highest BCUT2D eigenvalue weighted by atomic mass is 16.2. The number of carbonyl (C=O) groups is 1. The van der Waals surface area contributed by atoms with Crippen LogP contribution >= 0.6 is 0 Å². The Labute approximate surface area is 80.2 Å². The van der Waals surface area contributed by atoms with Crippen LogP contribution in [-0.4, -0.2) is 24.9 Å². The Morgan fingerprint density at radius 1 is 1.23 bits per heavy atom. The normalized spacial score (nSPS) is 10.6. The molecule has 72 valence electrons. The Balaban J connectivity index is 4.70. The highest BCUT2D eigenvalue weighted by molar-refractivity contribution is 5.96. The molecule has 2 nitrogen and oxygen atoms in total. The van der Waals surface area contributed by atoms with Gasteiger partial charge in [0.05, 0.1) is 0 Å². The smallest absolute Gasteiger partial charge is 0.253 e. The lowest BCUT2D eigenvalue weighted by Gasteiger charge is -2.09. The summed E-state index contributed by atoms with van der Waals surface area (Å²) in [4.78, 5) is 13.0. The molecule has 0 fully saturated rings. The molecule has 0 aromatic heterocycles. The van der Waals surface area contributed by atoms with Crippen LogP contribution < -0.4 is 0 Å². The second kappa shape index (κ2) is 5.36. The van der Waals surface area contributed by atoms with Crippen LogP contribution in [0.2, 0.25) is 0 Å². The summed E-state index contributed by atoms with van der Waals surface area (Å²) in [6.45, 7) is 7.56. The Kier molecular flexibility index (Phi) is 4.82. The van der Waals surface area contributed by atoms with Gasteiger partial charge >= 0.3 is 0 Å². The zero-order valence-corrected chi connectivity index (χ0v) is 8.79. The number of likely N-dealkylation sites (N-methyl/N-ethyl adjacent to an activating group) is 1. The highest BCUT2D eigenvalue weighted by Gasteiger charge is 2.05. The Bertz CT molecular complexity index is 255. The first-order valence-electron chi connectivity index (χ1n) is 4.18. The average Bonchev–Trinajstić information content (AvgIpc) is 2.04. The number of amides is 1. The van der Waals surface area contributed by atoms with Crippen molar-refractivity contribution in [3.05, 3.63) is 36.0 Å². The zero-order chi connectivity index (χ0) is 10.4. The fourth-order valence-corrected chi connectivity index (χ4v) is 0.741. The summed E-state index contributed by atoms with van der Waals surface area (Å²) >= 11 is 0. The maximum atomic E-state index is 11.4. The van der Waals surface area contributed by atoms with Crippen molar-refractivity contribution in [3.63, 3.8) is 0 Å². The van der Waals surface area contributed by atoms with Gasteiger partial charge in [-0.1, -0.05) is 24.3 Å². The molecule has 0 rings (SSSR count). The number of rotatable bonds is 3. The molecule has 0 aromatic carbocycles. The molecule has 0 saturated carbocycles. The Hall–Kier alpha value is -1.31. The van der Waals surface area contributed by atoms with E-state index in [1.165, 1.54) is 4.90 Å². The molecular weight excluding hydrogens is 162 g/mol. The number of allylic oxidation sites excluding steroid dienone is 3. The van der Waals surface area contributed by atoms with Crippen molar-refractivity contribution in [2.75, 3.05) is 14.1 Å². The first-order chi connectivity index (χ1) is 5.99. The summed E-state index contributed by atoms with van der Waals surface area (Å²) in [5, 5.41) is 0. The quantitative estimate of drug-likeness (QED) is 0.480. The summed E-state index contributed by atoms with van der Waals surface area (Å²) in [5.41, 5.74) is 1.78. The first kappa shape index (κ1) is 11.7. The van der Waals surface area contributed by atoms with Crippen LogP contribution in [0, 0.1) is 0 Å². The van der Waals surface area contributed by atoms with Gasteiger partial charge in [-0.05, 0) is 19.9 Å². The van der Waals surface area contributed by atoms with Crippen LogP contribution in [0.4, 0.5) is 0 Å². The second-order valence-corrected chi connectivity index (χ2v) is 3.27. The van der Waals surface area contributed by atoms with Crippen LogP contribution in [-0.2, 0) is 4.79 Å². The van der Waals surface area contributed by atoms with Gasteiger partial charge in [0.1, 0.15) is 0 Å². The van der Waals surface area contributed by atoms with Gasteiger partial charge in [-0.2, -0.15) is 0 Å². The first-order valence-corrected chi connectivity index (χ1v) is 4.18. The van der Waals surface area contributed by atoms with Crippen molar-refractivity contribution in [2.45, 2.75) is 13.8 Å². The van der Waals surface area contributed by atoms with Crippen LogP contribution in [0.15, 0.2) is 36.0 Å². The Morgan fingerprint density at radius 3 is 2.08 bits per heavy atom. The summed E-state index contributed by atoms with van der Waals surface area (Å²) < 4.78 is 0. The molecule has 0 aliphatic heterocycles. The minimum Gasteiger partial charge on any atom is -0.345 e. The van der Waals surface area contributed by atoms with E-state index in [-0.39, 0.29) is 5.91 Å². The zero-order valence-electron chi connectivity index (χ0n) is 8.79. The molecule has 13 heavy (non-hydrogen) atoms. The van der Waals surface area contributed by atoms with Crippen LogP contribution in [0.5, 0.6) is 0 Å². The largest absolute Gasteiger partial charge is 0.345 e. The average molecular weight is 179 g/mol. The van der Waals surface area contributed by atoms with Gasteiger partial charge in [0.2, 0.25) is 0 Å². The van der Waals surface area contributed by atoms with Crippen molar-refractivity contribution >= 4 is 5.91 Å². The second-order valence-electron chi connectivity index (χ2n) is 3.27. The minimum absolute atomic E-state index is 0.0208. The topological polar surface area (TPSA) is 20.3 Å². The fourth-order valence-electron chi connectivity index (χ4n) is 0.741. The predicted molar refractivity (Wildman–Crippen MR) is 56.4 cm³/mol. The molecule has 0 heterocycles.